The summed E-state index contributed by atoms with van der Waals surface area (Å²) in [7, 11) is 0. The molecule has 0 spiro atoms. The van der Waals surface area contributed by atoms with E-state index in [1.54, 1.807) is 6.07 Å². The highest BCUT2D eigenvalue weighted by Crippen LogP contribution is 2.12. The number of carbonyl (C=O) groups is 2. The van der Waals surface area contributed by atoms with Gasteiger partial charge in [-0.05, 0) is 37.1 Å². The highest BCUT2D eigenvalue weighted by molar-refractivity contribution is 6.05. The van der Waals surface area contributed by atoms with Crippen molar-refractivity contribution in [2.75, 3.05) is 5.32 Å². The Morgan fingerprint density at radius 2 is 1.89 bits per heavy atom. The summed E-state index contributed by atoms with van der Waals surface area (Å²) in [5.74, 6) is -0.320. The van der Waals surface area contributed by atoms with Crippen LogP contribution in [-0.2, 0) is 6.42 Å². The number of H-pyrrole nitrogens is 1. The van der Waals surface area contributed by atoms with Crippen LogP contribution in [0.2, 0.25) is 0 Å². The molecule has 19 heavy (non-hydrogen) atoms. The first-order chi connectivity index (χ1) is 9.10. The average Bonchev–Trinajstić information content (AvgIpc) is 2.89. The van der Waals surface area contributed by atoms with Gasteiger partial charge in [0, 0.05) is 17.4 Å². The van der Waals surface area contributed by atoms with Crippen molar-refractivity contribution >= 4 is 17.4 Å². The van der Waals surface area contributed by atoms with Gasteiger partial charge in [-0.25, -0.2) is 0 Å². The monoisotopic (exact) mass is 256 g/mol. The van der Waals surface area contributed by atoms with Crippen molar-refractivity contribution in [1.29, 1.82) is 0 Å². The zero-order chi connectivity index (χ0) is 13.8. The molecule has 0 aliphatic heterocycles. The van der Waals surface area contributed by atoms with Gasteiger partial charge in [-0.15, -0.1) is 0 Å². The van der Waals surface area contributed by atoms with E-state index in [0.717, 1.165) is 12.1 Å². The van der Waals surface area contributed by atoms with Gasteiger partial charge in [0.1, 0.15) is 5.69 Å². The number of benzene rings is 1. The zero-order valence-electron chi connectivity index (χ0n) is 11.0. The summed E-state index contributed by atoms with van der Waals surface area (Å²) >= 11 is 0. The Morgan fingerprint density at radius 3 is 2.42 bits per heavy atom. The molecule has 2 rings (SSSR count). The lowest BCUT2D eigenvalue weighted by Crippen LogP contribution is -2.12. The number of amides is 1. The van der Waals surface area contributed by atoms with Crippen molar-refractivity contribution < 1.29 is 9.59 Å². The van der Waals surface area contributed by atoms with Crippen LogP contribution in [0.3, 0.4) is 0 Å². The van der Waals surface area contributed by atoms with Crippen LogP contribution in [-0.4, -0.2) is 16.7 Å². The highest BCUT2D eigenvalue weighted by Gasteiger charge is 2.10. The number of hydrogen-bond acceptors (Lipinski definition) is 2. The molecule has 1 heterocycles. The van der Waals surface area contributed by atoms with E-state index in [0.29, 0.717) is 11.3 Å². The summed E-state index contributed by atoms with van der Waals surface area (Å²) in [5.41, 5.74) is 2.84. The van der Waals surface area contributed by atoms with Gasteiger partial charge in [-0.2, -0.15) is 0 Å². The van der Waals surface area contributed by atoms with Gasteiger partial charge >= 0.3 is 0 Å². The molecule has 0 saturated carbocycles. The molecule has 2 N–H and O–H groups in total. The van der Waals surface area contributed by atoms with Gasteiger partial charge in [0.25, 0.3) is 5.91 Å². The van der Waals surface area contributed by atoms with Crippen molar-refractivity contribution in [3.05, 3.63) is 53.3 Å². The van der Waals surface area contributed by atoms with E-state index in [1.165, 1.54) is 18.7 Å². The Bertz CT molecular complexity index is 597. The van der Waals surface area contributed by atoms with Crippen LogP contribution in [0.4, 0.5) is 5.69 Å². The minimum Gasteiger partial charge on any atom is -0.356 e. The molecule has 0 fully saturated rings. The van der Waals surface area contributed by atoms with E-state index in [1.807, 2.05) is 24.3 Å². The molecular formula is C15H16N2O2. The molecular weight excluding hydrogens is 240 g/mol. The fraction of sp³-hybridized carbons (Fsp3) is 0.200. The molecule has 98 valence electrons. The second-order valence-corrected chi connectivity index (χ2v) is 4.36. The van der Waals surface area contributed by atoms with Crippen LogP contribution >= 0.6 is 0 Å². The van der Waals surface area contributed by atoms with Crippen molar-refractivity contribution in [3.8, 4) is 0 Å². The average molecular weight is 256 g/mol. The first-order valence-corrected chi connectivity index (χ1v) is 6.19. The van der Waals surface area contributed by atoms with Crippen LogP contribution in [0, 0.1) is 0 Å². The Balaban J connectivity index is 2.08. The number of aromatic amines is 1. The van der Waals surface area contributed by atoms with Crippen molar-refractivity contribution in [3.63, 3.8) is 0 Å². The third kappa shape index (κ3) is 3.10. The van der Waals surface area contributed by atoms with Gasteiger partial charge in [0.15, 0.2) is 5.78 Å². The maximum Gasteiger partial charge on any atom is 0.272 e. The van der Waals surface area contributed by atoms with Crippen LogP contribution in [0.25, 0.3) is 0 Å². The molecule has 0 saturated heterocycles. The predicted molar refractivity (Wildman–Crippen MR) is 74.6 cm³/mol. The molecule has 0 aliphatic carbocycles. The van der Waals surface area contributed by atoms with E-state index >= 15 is 0 Å². The van der Waals surface area contributed by atoms with Gasteiger partial charge in [-0.1, -0.05) is 19.1 Å². The van der Waals surface area contributed by atoms with E-state index in [-0.39, 0.29) is 11.7 Å². The summed E-state index contributed by atoms with van der Waals surface area (Å²) in [6, 6.07) is 9.24. The lowest BCUT2D eigenvalue weighted by atomic mass is 10.1. The molecule has 4 heteroatoms. The van der Waals surface area contributed by atoms with E-state index in [9.17, 15) is 9.59 Å². The molecule has 0 bridgehead atoms. The molecule has 1 aromatic heterocycles. The highest BCUT2D eigenvalue weighted by atomic mass is 16.2. The summed E-state index contributed by atoms with van der Waals surface area (Å²) in [6.07, 6.45) is 2.50. The summed E-state index contributed by atoms with van der Waals surface area (Å²) in [4.78, 5) is 25.9. The number of Topliss-reactive ketones (excluding diaryl/α,β-unsaturated/α-hetero) is 1. The van der Waals surface area contributed by atoms with E-state index in [2.05, 4.69) is 17.2 Å². The molecule has 1 aromatic carbocycles. The first kappa shape index (κ1) is 13.1. The largest absolute Gasteiger partial charge is 0.356 e. The number of nitrogens with one attached hydrogen (secondary N) is 2. The maximum absolute atomic E-state index is 12.0. The minimum absolute atomic E-state index is 0.0670. The smallest absolute Gasteiger partial charge is 0.272 e. The Labute approximate surface area is 111 Å². The van der Waals surface area contributed by atoms with E-state index < -0.39 is 0 Å². The van der Waals surface area contributed by atoms with Crippen molar-refractivity contribution in [2.45, 2.75) is 20.3 Å². The third-order valence-corrected chi connectivity index (χ3v) is 2.95. The van der Waals surface area contributed by atoms with Crippen LogP contribution in [0.15, 0.2) is 36.5 Å². The Hall–Kier alpha value is -2.36. The summed E-state index contributed by atoms with van der Waals surface area (Å²) in [5, 5.41) is 2.78. The number of hydrogen-bond donors (Lipinski definition) is 2. The third-order valence-electron chi connectivity index (χ3n) is 2.95. The number of ketones is 1. The fourth-order valence-corrected chi connectivity index (χ4v) is 1.75. The lowest BCUT2D eigenvalue weighted by molar-refractivity contribution is 0.101. The fourth-order valence-electron chi connectivity index (χ4n) is 1.75. The van der Waals surface area contributed by atoms with Crippen molar-refractivity contribution in [2.24, 2.45) is 0 Å². The maximum atomic E-state index is 12.0. The van der Waals surface area contributed by atoms with Crippen LogP contribution in [0.5, 0.6) is 0 Å². The summed E-state index contributed by atoms with van der Waals surface area (Å²) in [6.45, 7) is 3.55. The van der Waals surface area contributed by atoms with Gasteiger partial charge in [0.2, 0.25) is 0 Å². The molecule has 2 aromatic rings. The van der Waals surface area contributed by atoms with E-state index in [4.69, 9.17) is 0 Å². The van der Waals surface area contributed by atoms with Gasteiger partial charge < -0.3 is 10.3 Å². The second-order valence-electron chi connectivity index (χ2n) is 4.36. The van der Waals surface area contributed by atoms with Gasteiger partial charge in [-0.3, -0.25) is 9.59 Å². The molecule has 0 unspecified atom stereocenters. The first-order valence-electron chi connectivity index (χ1n) is 6.19. The predicted octanol–water partition coefficient (Wildman–Crippen LogP) is 3.03. The standard InChI is InChI=1S/C15H16N2O2/c1-3-11-4-6-13(7-5-11)17-15(19)14-8-12(9-16-14)10(2)18/h4-9,16H,3H2,1-2H3,(H,17,19). The lowest BCUT2D eigenvalue weighted by Gasteiger charge is -2.04. The topological polar surface area (TPSA) is 62.0 Å². The molecule has 1 amide bonds. The SMILES string of the molecule is CCc1ccc(NC(=O)c2cc(C(C)=O)c[nH]2)cc1. The number of aryl methyl sites for hydroxylation is 1. The minimum atomic E-state index is -0.253. The zero-order valence-corrected chi connectivity index (χ0v) is 11.0. The van der Waals surface area contributed by atoms with Crippen LogP contribution < -0.4 is 5.32 Å². The molecule has 4 nitrogen and oxygen atoms in total. The quantitative estimate of drug-likeness (QED) is 0.826. The normalized spacial score (nSPS) is 10.2. The number of carbonyl (C=O) groups excluding carboxylic acids is 2. The van der Waals surface area contributed by atoms with Gasteiger partial charge in [0.05, 0.1) is 0 Å². The second kappa shape index (κ2) is 5.52. The Morgan fingerprint density at radius 1 is 1.21 bits per heavy atom. The number of rotatable bonds is 4. The number of aromatic nitrogens is 1. The Kier molecular flexibility index (Phi) is 3.80. The number of anilines is 1. The van der Waals surface area contributed by atoms with Crippen molar-refractivity contribution in [1.82, 2.24) is 4.98 Å². The van der Waals surface area contributed by atoms with Crippen LogP contribution in [0.1, 0.15) is 40.3 Å². The summed E-state index contributed by atoms with van der Waals surface area (Å²) < 4.78 is 0. The molecule has 0 radical (unpaired) electrons. The molecule has 0 atom stereocenters. The molecule has 0 aliphatic rings.